The van der Waals surface area contributed by atoms with Crippen molar-refractivity contribution in [3.63, 3.8) is 0 Å². The second-order valence-corrected chi connectivity index (χ2v) is 7.65. The lowest BCUT2D eigenvalue weighted by Gasteiger charge is -2.13. The maximum atomic E-state index is 12.8. The minimum absolute atomic E-state index is 0.169. The molecule has 0 atom stereocenters. The van der Waals surface area contributed by atoms with E-state index in [2.05, 4.69) is 4.99 Å². The molecular formula is C23H24N2O5S. The Morgan fingerprint density at radius 3 is 2.68 bits per heavy atom. The molecule has 7 nitrogen and oxygen atoms in total. The van der Waals surface area contributed by atoms with E-state index in [9.17, 15) is 9.59 Å². The first kappa shape index (κ1) is 22.4. The normalized spacial score (nSPS) is 16.1. The van der Waals surface area contributed by atoms with Gasteiger partial charge in [0.1, 0.15) is 0 Å². The van der Waals surface area contributed by atoms with Crippen molar-refractivity contribution in [3.05, 3.63) is 58.5 Å². The summed E-state index contributed by atoms with van der Waals surface area (Å²) in [5.41, 5.74) is 1.71. The van der Waals surface area contributed by atoms with Gasteiger partial charge in [0, 0.05) is 12.6 Å². The molecule has 0 spiro atoms. The number of amides is 1. The van der Waals surface area contributed by atoms with E-state index in [0.29, 0.717) is 39.4 Å². The Hall–Kier alpha value is -3.26. The zero-order valence-corrected chi connectivity index (χ0v) is 18.7. The van der Waals surface area contributed by atoms with Crippen LogP contribution in [0.25, 0.3) is 6.08 Å². The van der Waals surface area contributed by atoms with Gasteiger partial charge in [0.2, 0.25) is 0 Å². The summed E-state index contributed by atoms with van der Waals surface area (Å²) in [5.74, 6) is 0.604. The second kappa shape index (κ2) is 10.2. The highest BCUT2D eigenvalue weighted by molar-refractivity contribution is 8.18. The topological polar surface area (TPSA) is 77.4 Å². The Kier molecular flexibility index (Phi) is 7.36. The number of nitrogens with zero attached hydrogens (tertiary/aromatic N) is 2. The Bertz CT molecular complexity index is 1050. The fraction of sp³-hybridized carbons (Fsp3) is 0.261. The molecule has 3 rings (SSSR count). The number of rotatable bonds is 7. The predicted octanol–water partition coefficient (Wildman–Crippen LogP) is 4.50. The average Bonchev–Trinajstić information content (AvgIpc) is 3.05. The third-order valence-electron chi connectivity index (χ3n) is 4.46. The first-order chi connectivity index (χ1) is 15.0. The molecule has 1 heterocycles. The molecule has 1 amide bonds. The van der Waals surface area contributed by atoms with Crippen LogP contribution in [0.2, 0.25) is 0 Å². The lowest BCUT2D eigenvalue weighted by atomic mass is 10.1. The van der Waals surface area contributed by atoms with Gasteiger partial charge in [0.05, 0.1) is 37.0 Å². The molecule has 1 aliphatic heterocycles. The molecule has 0 aromatic heterocycles. The molecule has 1 aliphatic rings. The van der Waals surface area contributed by atoms with Gasteiger partial charge in [0.15, 0.2) is 16.7 Å². The second-order valence-electron chi connectivity index (χ2n) is 6.64. The number of hydrogen-bond donors (Lipinski definition) is 0. The number of amidine groups is 1. The molecule has 8 heteroatoms. The van der Waals surface area contributed by atoms with Crippen molar-refractivity contribution in [1.82, 2.24) is 4.90 Å². The van der Waals surface area contributed by atoms with Gasteiger partial charge in [-0.15, -0.1) is 0 Å². The average molecular weight is 441 g/mol. The van der Waals surface area contributed by atoms with Crippen molar-refractivity contribution in [1.29, 1.82) is 0 Å². The summed E-state index contributed by atoms with van der Waals surface area (Å²) in [7, 11) is 4.58. The lowest BCUT2D eigenvalue weighted by Crippen LogP contribution is -2.23. The van der Waals surface area contributed by atoms with Crippen molar-refractivity contribution in [2.45, 2.75) is 13.3 Å². The summed E-state index contributed by atoms with van der Waals surface area (Å²) >= 11 is 1.26. The Balaban J connectivity index is 1.93. The standard InChI is InChI=1S/C23H24N2O5S/c1-5-12-30-20-15(8-7-11-18(20)28-3)14-19-21(26)25(2)23(31-19)24-17-10-6-9-16(13-17)22(27)29-4/h6-11,13-14H,5,12H2,1-4H3. The molecule has 2 aromatic rings. The molecule has 0 N–H and O–H groups in total. The number of hydrogen-bond acceptors (Lipinski definition) is 7. The monoisotopic (exact) mass is 440 g/mol. The Morgan fingerprint density at radius 1 is 1.19 bits per heavy atom. The molecule has 1 saturated heterocycles. The van der Waals surface area contributed by atoms with Crippen LogP contribution < -0.4 is 9.47 Å². The lowest BCUT2D eigenvalue weighted by molar-refractivity contribution is -0.121. The van der Waals surface area contributed by atoms with Crippen LogP contribution in [0.15, 0.2) is 52.4 Å². The molecule has 31 heavy (non-hydrogen) atoms. The largest absolute Gasteiger partial charge is 0.493 e. The van der Waals surface area contributed by atoms with E-state index >= 15 is 0 Å². The minimum Gasteiger partial charge on any atom is -0.493 e. The molecule has 1 fully saturated rings. The number of carbonyl (C=O) groups excluding carboxylic acids is 2. The maximum absolute atomic E-state index is 12.8. The van der Waals surface area contributed by atoms with Crippen LogP contribution in [0, 0.1) is 0 Å². The molecule has 0 radical (unpaired) electrons. The van der Waals surface area contributed by atoms with Crippen LogP contribution in [0.1, 0.15) is 29.3 Å². The minimum atomic E-state index is -0.441. The summed E-state index contributed by atoms with van der Waals surface area (Å²) < 4.78 is 16.0. The van der Waals surface area contributed by atoms with Crippen LogP contribution in [0.3, 0.4) is 0 Å². The molecule has 2 aromatic carbocycles. The summed E-state index contributed by atoms with van der Waals surface area (Å²) in [5, 5.41) is 0.511. The van der Waals surface area contributed by atoms with Crippen molar-refractivity contribution < 1.29 is 23.8 Å². The molecule has 162 valence electrons. The predicted molar refractivity (Wildman–Crippen MR) is 122 cm³/mol. The third-order valence-corrected chi connectivity index (χ3v) is 5.52. The fourth-order valence-corrected chi connectivity index (χ4v) is 3.87. The number of aliphatic imine (C=N–C) groups is 1. The van der Waals surface area contributed by atoms with Crippen molar-refractivity contribution >= 4 is 40.6 Å². The number of para-hydroxylation sites is 1. The van der Waals surface area contributed by atoms with Gasteiger partial charge in [-0.05, 0) is 48.5 Å². The van der Waals surface area contributed by atoms with E-state index in [1.54, 1.807) is 44.5 Å². The number of likely N-dealkylation sites (N-methyl/N-ethyl adjacent to an activating group) is 1. The quantitative estimate of drug-likeness (QED) is 0.466. The zero-order valence-electron chi connectivity index (χ0n) is 17.9. The van der Waals surface area contributed by atoms with E-state index in [0.717, 1.165) is 12.0 Å². The number of ether oxygens (including phenoxy) is 3. The van der Waals surface area contributed by atoms with E-state index in [4.69, 9.17) is 14.2 Å². The van der Waals surface area contributed by atoms with Crippen LogP contribution in [0.4, 0.5) is 5.69 Å². The summed E-state index contributed by atoms with van der Waals surface area (Å²) in [6.45, 7) is 2.57. The van der Waals surface area contributed by atoms with E-state index in [-0.39, 0.29) is 5.91 Å². The molecule has 0 saturated carbocycles. The van der Waals surface area contributed by atoms with Gasteiger partial charge in [-0.1, -0.05) is 25.1 Å². The van der Waals surface area contributed by atoms with Crippen molar-refractivity contribution in [2.75, 3.05) is 27.9 Å². The smallest absolute Gasteiger partial charge is 0.337 e. The first-order valence-electron chi connectivity index (χ1n) is 9.73. The van der Waals surface area contributed by atoms with Crippen molar-refractivity contribution in [3.8, 4) is 11.5 Å². The number of thioether (sulfide) groups is 1. The number of esters is 1. The van der Waals surface area contributed by atoms with Gasteiger partial charge in [-0.2, -0.15) is 0 Å². The molecule has 0 unspecified atom stereocenters. The van der Waals surface area contributed by atoms with E-state index in [1.165, 1.54) is 23.8 Å². The third kappa shape index (κ3) is 5.08. The van der Waals surface area contributed by atoms with Crippen LogP contribution in [-0.4, -0.2) is 49.8 Å². The van der Waals surface area contributed by atoms with Gasteiger partial charge in [-0.25, -0.2) is 9.79 Å². The van der Waals surface area contributed by atoms with Crippen LogP contribution in [0.5, 0.6) is 11.5 Å². The highest BCUT2D eigenvalue weighted by Gasteiger charge is 2.31. The highest BCUT2D eigenvalue weighted by Crippen LogP contribution is 2.37. The molecular weight excluding hydrogens is 416 g/mol. The van der Waals surface area contributed by atoms with Gasteiger partial charge < -0.3 is 14.2 Å². The van der Waals surface area contributed by atoms with Gasteiger partial charge >= 0.3 is 5.97 Å². The Morgan fingerprint density at radius 2 is 1.97 bits per heavy atom. The SMILES string of the molecule is CCCOc1c(C=C2SC(=Nc3cccc(C(=O)OC)c3)N(C)C2=O)cccc1OC. The van der Waals surface area contributed by atoms with Gasteiger partial charge in [0.25, 0.3) is 5.91 Å². The first-order valence-corrected chi connectivity index (χ1v) is 10.5. The van der Waals surface area contributed by atoms with Crippen molar-refractivity contribution in [2.24, 2.45) is 4.99 Å². The summed E-state index contributed by atoms with van der Waals surface area (Å²) in [4.78, 5) is 31.1. The fourth-order valence-electron chi connectivity index (χ4n) is 2.89. The van der Waals surface area contributed by atoms with E-state index < -0.39 is 5.97 Å². The number of carbonyl (C=O) groups is 2. The number of benzene rings is 2. The Labute approximate surface area is 185 Å². The van der Waals surface area contributed by atoms with E-state index in [1.807, 2.05) is 25.1 Å². The zero-order chi connectivity index (χ0) is 22.4. The van der Waals surface area contributed by atoms with Crippen LogP contribution in [-0.2, 0) is 9.53 Å². The summed E-state index contributed by atoms with van der Waals surface area (Å²) in [6, 6.07) is 12.3. The maximum Gasteiger partial charge on any atom is 0.337 e. The van der Waals surface area contributed by atoms with Crippen LogP contribution >= 0.6 is 11.8 Å². The molecule has 0 aliphatic carbocycles. The van der Waals surface area contributed by atoms with Gasteiger partial charge in [-0.3, -0.25) is 9.69 Å². The highest BCUT2D eigenvalue weighted by atomic mass is 32.2. The molecule has 0 bridgehead atoms. The summed E-state index contributed by atoms with van der Waals surface area (Å²) in [6.07, 6.45) is 2.64. The number of methoxy groups -OCH3 is 2.